The molecule has 0 aromatic rings. The Morgan fingerprint density at radius 2 is 1.73 bits per heavy atom. The first kappa shape index (κ1) is 21.5. The van der Waals surface area contributed by atoms with Gasteiger partial charge >= 0.3 is 14.6 Å². The van der Waals surface area contributed by atoms with Crippen LogP contribution in [-0.2, 0) is 23.1 Å². The molecule has 0 aromatic carbocycles. The van der Waals surface area contributed by atoms with Gasteiger partial charge in [-0.3, -0.25) is 0 Å². The van der Waals surface area contributed by atoms with Gasteiger partial charge in [0.15, 0.2) is 0 Å². The molecule has 0 rings (SSSR count). The minimum atomic E-state index is -1.26. The second-order valence-corrected chi connectivity index (χ2v) is 7.05. The molecular weight excluding hydrogens is 305 g/mol. The molecule has 0 bridgehead atoms. The molecule has 0 aliphatic heterocycles. The van der Waals surface area contributed by atoms with Crippen molar-refractivity contribution in [2.45, 2.75) is 26.7 Å². The van der Waals surface area contributed by atoms with Gasteiger partial charge < -0.3 is 22.8 Å². The van der Waals surface area contributed by atoms with Crippen LogP contribution < -0.4 is 0 Å². The number of nitrogens with zero attached hydrogens (tertiary/aromatic N) is 1. The molecule has 0 heterocycles. The van der Waals surface area contributed by atoms with E-state index >= 15 is 0 Å². The monoisotopic (exact) mass is 336 g/mol. The Bertz CT molecular complexity index is 336. The van der Waals surface area contributed by atoms with Crippen molar-refractivity contribution in [2.75, 3.05) is 54.1 Å². The van der Waals surface area contributed by atoms with E-state index in [2.05, 4.69) is 27.6 Å². The maximum absolute atomic E-state index is 11.3. The predicted molar refractivity (Wildman–Crippen MR) is 88.4 cm³/mol. The van der Waals surface area contributed by atoms with Crippen LogP contribution in [0.2, 0.25) is 0 Å². The standard InChI is InChI=1S/C15H31NO5P/c1-7-8-11-20-22(18-6)21-13-10-16(4,5)9-12-19-15(17)14(2)3/h2,7-13H2,1,3-6H3/q+1. The van der Waals surface area contributed by atoms with E-state index in [0.717, 1.165) is 19.4 Å². The Hall–Kier alpha value is -0.520. The zero-order valence-corrected chi connectivity index (χ0v) is 15.5. The highest BCUT2D eigenvalue weighted by atomic mass is 31.2. The van der Waals surface area contributed by atoms with Crippen LogP contribution in [-0.4, -0.2) is 64.6 Å². The van der Waals surface area contributed by atoms with Crippen molar-refractivity contribution in [1.82, 2.24) is 0 Å². The summed E-state index contributed by atoms with van der Waals surface area (Å²) in [6.07, 6.45) is 2.08. The molecule has 22 heavy (non-hydrogen) atoms. The molecule has 0 aliphatic rings. The van der Waals surface area contributed by atoms with Crippen molar-refractivity contribution in [3.05, 3.63) is 12.2 Å². The lowest BCUT2D eigenvalue weighted by molar-refractivity contribution is -0.890. The Morgan fingerprint density at radius 3 is 2.27 bits per heavy atom. The van der Waals surface area contributed by atoms with Crippen LogP contribution >= 0.6 is 8.60 Å². The molecule has 0 aliphatic carbocycles. The first-order chi connectivity index (χ1) is 10.3. The van der Waals surface area contributed by atoms with Gasteiger partial charge in [0.1, 0.15) is 26.3 Å². The smallest absolute Gasteiger partial charge is 0.333 e. The number of esters is 1. The van der Waals surface area contributed by atoms with E-state index in [9.17, 15) is 4.79 Å². The fourth-order valence-electron chi connectivity index (χ4n) is 1.41. The van der Waals surface area contributed by atoms with Gasteiger partial charge in [0.2, 0.25) is 0 Å². The number of carbonyl (C=O) groups excluding carboxylic acids is 1. The summed E-state index contributed by atoms with van der Waals surface area (Å²) in [6.45, 7) is 10.4. The van der Waals surface area contributed by atoms with Gasteiger partial charge in [0, 0.05) is 12.7 Å². The molecule has 0 spiro atoms. The number of hydrogen-bond acceptors (Lipinski definition) is 5. The Balaban J connectivity index is 3.90. The number of quaternary nitrogens is 1. The summed E-state index contributed by atoms with van der Waals surface area (Å²) >= 11 is 0. The lowest BCUT2D eigenvalue weighted by Crippen LogP contribution is -2.44. The van der Waals surface area contributed by atoms with E-state index in [4.69, 9.17) is 18.3 Å². The number of carbonyl (C=O) groups is 1. The number of rotatable bonds is 13. The number of unbranched alkanes of at least 4 members (excludes halogenated alkanes) is 1. The first-order valence-corrected chi connectivity index (χ1v) is 8.66. The molecule has 0 amide bonds. The topological polar surface area (TPSA) is 54.0 Å². The normalized spacial score (nSPS) is 13.0. The summed E-state index contributed by atoms with van der Waals surface area (Å²) in [4.78, 5) is 11.3. The van der Waals surface area contributed by atoms with Crippen LogP contribution in [0.1, 0.15) is 26.7 Å². The minimum Gasteiger partial charge on any atom is -0.456 e. The molecule has 0 radical (unpaired) electrons. The molecule has 1 unspecified atom stereocenters. The van der Waals surface area contributed by atoms with Crippen molar-refractivity contribution >= 4 is 14.6 Å². The van der Waals surface area contributed by atoms with E-state index in [-0.39, 0.29) is 5.97 Å². The SMILES string of the molecule is C=C(C)C(=O)OCC[N+](C)(C)CCOP(OC)OCCCC. The highest BCUT2D eigenvalue weighted by Gasteiger charge is 2.18. The van der Waals surface area contributed by atoms with Crippen molar-refractivity contribution in [3.8, 4) is 0 Å². The van der Waals surface area contributed by atoms with E-state index in [1.807, 2.05) is 0 Å². The van der Waals surface area contributed by atoms with E-state index in [0.29, 0.717) is 36.4 Å². The molecule has 0 saturated carbocycles. The summed E-state index contributed by atoms with van der Waals surface area (Å²) in [7, 11) is 4.45. The summed E-state index contributed by atoms with van der Waals surface area (Å²) in [5.74, 6) is -0.344. The highest BCUT2D eigenvalue weighted by molar-refractivity contribution is 7.41. The maximum atomic E-state index is 11.3. The van der Waals surface area contributed by atoms with Crippen molar-refractivity contribution in [1.29, 1.82) is 0 Å². The minimum absolute atomic E-state index is 0.344. The number of hydrogen-bond donors (Lipinski definition) is 0. The van der Waals surface area contributed by atoms with Crippen LogP contribution in [0.4, 0.5) is 0 Å². The largest absolute Gasteiger partial charge is 0.456 e. The fourth-order valence-corrected chi connectivity index (χ4v) is 2.20. The molecule has 0 saturated heterocycles. The zero-order valence-electron chi connectivity index (χ0n) is 14.6. The maximum Gasteiger partial charge on any atom is 0.333 e. The summed E-state index contributed by atoms with van der Waals surface area (Å²) < 4.78 is 22.1. The van der Waals surface area contributed by atoms with Crippen molar-refractivity contribution < 1.29 is 27.6 Å². The molecule has 6 nitrogen and oxygen atoms in total. The molecule has 0 N–H and O–H groups in total. The van der Waals surface area contributed by atoms with Crippen LogP contribution in [0.5, 0.6) is 0 Å². The zero-order chi connectivity index (χ0) is 17.0. The molecule has 1 atom stereocenters. The molecule has 130 valence electrons. The third-order valence-corrected chi connectivity index (χ3v) is 4.10. The van der Waals surface area contributed by atoms with Crippen molar-refractivity contribution in [2.24, 2.45) is 0 Å². The van der Waals surface area contributed by atoms with Crippen LogP contribution in [0.15, 0.2) is 12.2 Å². The van der Waals surface area contributed by atoms with Gasteiger partial charge in [-0.05, 0) is 13.3 Å². The van der Waals surface area contributed by atoms with Gasteiger partial charge in [-0.25, -0.2) is 4.79 Å². The number of ether oxygens (including phenoxy) is 1. The Kier molecular flexibility index (Phi) is 11.7. The third kappa shape index (κ3) is 11.1. The van der Waals surface area contributed by atoms with Crippen LogP contribution in [0, 0.1) is 0 Å². The average Bonchev–Trinajstić information content (AvgIpc) is 2.45. The summed E-state index contributed by atoms with van der Waals surface area (Å²) in [5, 5.41) is 0. The molecule has 0 fully saturated rings. The van der Waals surface area contributed by atoms with Gasteiger partial charge in [0.25, 0.3) is 0 Å². The van der Waals surface area contributed by atoms with Gasteiger partial charge in [-0.1, -0.05) is 19.9 Å². The van der Waals surface area contributed by atoms with Gasteiger partial charge in [-0.15, -0.1) is 0 Å². The van der Waals surface area contributed by atoms with Crippen LogP contribution in [0.25, 0.3) is 0 Å². The lowest BCUT2D eigenvalue weighted by Gasteiger charge is -2.29. The van der Waals surface area contributed by atoms with E-state index < -0.39 is 8.60 Å². The Morgan fingerprint density at radius 1 is 1.14 bits per heavy atom. The fraction of sp³-hybridized carbons (Fsp3) is 0.800. The van der Waals surface area contributed by atoms with E-state index in [1.165, 1.54) is 0 Å². The second kappa shape index (κ2) is 12.0. The van der Waals surface area contributed by atoms with Crippen LogP contribution in [0.3, 0.4) is 0 Å². The molecule has 0 aromatic heterocycles. The third-order valence-electron chi connectivity index (χ3n) is 3.02. The molecule has 7 heteroatoms. The van der Waals surface area contributed by atoms with E-state index in [1.54, 1.807) is 14.0 Å². The van der Waals surface area contributed by atoms with Gasteiger partial charge in [-0.2, -0.15) is 0 Å². The Labute approximate surface area is 136 Å². The lowest BCUT2D eigenvalue weighted by atomic mass is 10.4. The van der Waals surface area contributed by atoms with Crippen molar-refractivity contribution in [3.63, 3.8) is 0 Å². The first-order valence-electron chi connectivity index (χ1n) is 7.57. The summed E-state index contributed by atoms with van der Waals surface area (Å²) in [5.41, 5.74) is 0.420. The molecular formula is C15H31NO5P+. The second-order valence-electron chi connectivity index (χ2n) is 5.73. The highest BCUT2D eigenvalue weighted by Crippen LogP contribution is 2.38. The average molecular weight is 336 g/mol. The quantitative estimate of drug-likeness (QED) is 0.170. The summed E-state index contributed by atoms with van der Waals surface area (Å²) in [6, 6.07) is 0. The van der Waals surface area contributed by atoms with Gasteiger partial charge in [0.05, 0.1) is 20.7 Å². The number of likely N-dealkylation sites (N-methyl/N-ethyl adjacent to an activating group) is 1. The predicted octanol–water partition coefficient (Wildman–Crippen LogP) is 2.89.